The minimum absolute atomic E-state index is 0.0394. The molecule has 20 heavy (non-hydrogen) atoms. The molecule has 0 atom stereocenters. The van der Waals surface area contributed by atoms with E-state index in [0.29, 0.717) is 22.6 Å². The molecule has 2 aromatic rings. The first-order chi connectivity index (χ1) is 9.60. The van der Waals surface area contributed by atoms with Gasteiger partial charge in [-0.25, -0.2) is 4.98 Å². The molecule has 0 aliphatic heterocycles. The Labute approximate surface area is 117 Å². The highest BCUT2D eigenvalue weighted by molar-refractivity contribution is 6.05. The number of ketones is 1. The van der Waals surface area contributed by atoms with E-state index in [1.54, 1.807) is 49.6 Å². The fraction of sp³-hybridized carbons (Fsp3) is 0.133. The van der Waals surface area contributed by atoms with Gasteiger partial charge in [-0.05, 0) is 31.2 Å². The summed E-state index contributed by atoms with van der Waals surface area (Å²) in [7, 11) is 1.74. The molecule has 0 fully saturated rings. The monoisotopic (exact) mass is 269 g/mol. The number of hydrogen-bond acceptors (Lipinski definition) is 4. The third kappa shape index (κ3) is 3.20. The molecular formula is C15H15N3O2. The maximum absolute atomic E-state index is 12.1. The summed E-state index contributed by atoms with van der Waals surface area (Å²) in [6, 6.07) is 10.1. The summed E-state index contributed by atoms with van der Waals surface area (Å²) in [5.74, 6) is 0.335. The molecular weight excluding hydrogens is 254 g/mol. The van der Waals surface area contributed by atoms with Crippen LogP contribution in [0.25, 0.3) is 0 Å². The lowest BCUT2D eigenvalue weighted by atomic mass is 10.1. The number of pyridine rings is 1. The molecule has 1 amide bonds. The van der Waals surface area contributed by atoms with Crippen molar-refractivity contribution in [1.29, 1.82) is 0 Å². The van der Waals surface area contributed by atoms with Crippen molar-refractivity contribution in [2.75, 3.05) is 17.7 Å². The number of carbonyl (C=O) groups excluding carboxylic acids is 2. The van der Waals surface area contributed by atoms with E-state index in [4.69, 9.17) is 0 Å². The molecule has 5 nitrogen and oxygen atoms in total. The molecule has 0 saturated heterocycles. The van der Waals surface area contributed by atoms with Crippen LogP contribution in [0.3, 0.4) is 0 Å². The molecule has 0 aliphatic rings. The predicted octanol–water partition coefficient (Wildman–Crippen LogP) is 2.58. The molecule has 2 rings (SSSR count). The molecule has 0 aliphatic carbocycles. The Morgan fingerprint density at radius 2 is 1.90 bits per heavy atom. The van der Waals surface area contributed by atoms with Crippen LogP contribution in [0.1, 0.15) is 27.6 Å². The van der Waals surface area contributed by atoms with Crippen LogP contribution in [-0.4, -0.2) is 23.7 Å². The molecule has 0 radical (unpaired) electrons. The summed E-state index contributed by atoms with van der Waals surface area (Å²) in [5.41, 5.74) is 1.65. The van der Waals surface area contributed by atoms with Gasteiger partial charge in [-0.1, -0.05) is 12.1 Å². The molecule has 1 aromatic carbocycles. The Kier molecular flexibility index (Phi) is 4.10. The Morgan fingerprint density at radius 1 is 1.10 bits per heavy atom. The van der Waals surface area contributed by atoms with Gasteiger partial charge in [0.05, 0.1) is 0 Å². The van der Waals surface area contributed by atoms with Crippen LogP contribution in [0.15, 0.2) is 42.6 Å². The molecule has 0 unspecified atom stereocenters. The Hall–Kier alpha value is -2.69. The normalized spacial score (nSPS) is 9.90. The Bertz CT molecular complexity index is 653. The fourth-order valence-corrected chi connectivity index (χ4v) is 1.73. The number of benzene rings is 1. The van der Waals surface area contributed by atoms with E-state index in [1.807, 2.05) is 0 Å². The number of nitrogens with zero attached hydrogens (tertiary/aromatic N) is 1. The van der Waals surface area contributed by atoms with Crippen molar-refractivity contribution in [3.05, 3.63) is 53.7 Å². The average Bonchev–Trinajstić information content (AvgIpc) is 2.47. The number of rotatable bonds is 4. The van der Waals surface area contributed by atoms with Crippen LogP contribution < -0.4 is 10.6 Å². The number of amides is 1. The summed E-state index contributed by atoms with van der Waals surface area (Å²) in [4.78, 5) is 27.5. The van der Waals surface area contributed by atoms with Crippen LogP contribution >= 0.6 is 0 Å². The van der Waals surface area contributed by atoms with E-state index < -0.39 is 0 Å². The zero-order valence-electron chi connectivity index (χ0n) is 11.3. The average molecular weight is 269 g/mol. The zero-order chi connectivity index (χ0) is 14.5. The Balaban J connectivity index is 2.18. The molecule has 0 bridgehead atoms. The largest absolute Gasteiger partial charge is 0.373 e. The number of hydrogen-bond donors (Lipinski definition) is 2. The van der Waals surface area contributed by atoms with Gasteiger partial charge < -0.3 is 10.6 Å². The summed E-state index contributed by atoms with van der Waals surface area (Å²) in [6.07, 6.45) is 1.56. The van der Waals surface area contributed by atoms with Crippen molar-refractivity contribution in [2.45, 2.75) is 6.92 Å². The van der Waals surface area contributed by atoms with Crippen LogP contribution in [0.5, 0.6) is 0 Å². The van der Waals surface area contributed by atoms with Gasteiger partial charge in [0.1, 0.15) is 5.82 Å². The topological polar surface area (TPSA) is 71.1 Å². The van der Waals surface area contributed by atoms with Crippen molar-refractivity contribution in [2.24, 2.45) is 0 Å². The molecule has 1 aromatic heterocycles. The van der Waals surface area contributed by atoms with Gasteiger partial charge in [0.15, 0.2) is 5.78 Å². The van der Waals surface area contributed by atoms with E-state index in [9.17, 15) is 9.59 Å². The smallest absolute Gasteiger partial charge is 0.255 e. The maximum atomic E-state index is 12.1. The van der Waals surface area contributed by atoms with Gasteiger partial charge >= 0.3 is 0 Å². The zero-order valence-corrected chi connectivity index (χ0v) is 11.3. The van der Waals surface area contributed by atoms with Gasteiger partial charge in [0.2, 0.25) is 0 Å². The van der Waals surface area contributed by atoms with E-state index in [-0.39, 0.29) is 11.7 Å². The lowest BCUT2D eigenvalue weighted by Gasteiger charge is -2.07. The minimum Gasteiger partial charge on any atom is -0.373 e. The summed E-state index contributed by atoms with van der Waals surface area (Å²) in [6.45, 7) is 1.49. The summed E-state index contributed by atoms with van der Waals surface area (Å²) >= 11 is 0. The Morgan fingerprint density at radius 3 is 2.60 bits per heavy atom. The summed E-state index contributed by atoms with van der Waals surface area (Å²) in [5, 5.41) is 5.63. The first kappa shape index (κ1) is 13.7. The number of anilines is 2. The lowest BCUT2D eigenvalue weighted by Crippen LogP contribution is -2.12. The first-order valence-electron chi connectivity index (χ1n) is 6.16. The molecule has 102 valence electrons. The van der Waals surface area contributed by atoms with E-state index in [2.05, 4.69) is 15.6 Å². The van der Waals surface area contributed by atoms with Crippen molar-refractivity contribution < 1.29 is 9.59 Å². The second-order valence-electron chi connectivity index (χ2n) is 4.27. The second-order valence-corrected chi connectivity index (χ2v) is 4.27. The van der Waals surface area contributed by atoms with E-state index >= 15 is 0 Å². The number of Topliss-reactive ketones (excluding diaryl/α,β-unsaturated/α-hetero) is 1. The molecule has 1 heterocycles. The van der Waals surface area contributed by atoms with Crippen molar-refractivity contribution in [1.82, 2.24) is 4.98 Å². The molecule has 2 N–H and O–H groups in total. The van der Waals surface area contributed by atoms with Gasteiger partial charge in [-0.15, -0.1) is 0 Å². The highest BCUT2D eigenvalue weighted by Crippen LogP contribution is 2.13. The van der Waals surface area contributed by atoms with Gasteiger partial charge in [0.25, 0.3) is 5.91 Å². The van der Waals surface area contributed by atoms with Gasteiger partial charge in [-0.2, -0.15) is 0 Å². The SMILES string of the molecule is CNc1cc(C(=O)Nc2cccc(C(C)=O)c2)ccn1. The first-order valence-corrected chi connectivity index (χ1v) is 6.16. The summed E-state index contributed by atoms with van der Waals surface area (Å²) < 4.78 is 0. The fourth-order valence-electron chi connectivity index (χ4n) is 1.73. The van der Waals surface area contributed by atoms with Crippen LogP contribution in [-0.2, 0) is 0 Å². The van der Waals surface area contributed by atoms with Crippen molar-refractivity contribution in [3.63, 3.8) is 0 Å². The quantitative estimate of drug-likeness (QED) is 0.837. The second kappa shape index (κ2) is 5.97. The molecule has 5 heteroatoms. The van der Waals surface area contributed by atoms with Gasteiger partial charge in [0, 0.05) is 30.1 Å². The number of carbonyl (C=O) groups is 2. The molecule has 0 saturated carbocycles. The lowest BCUT2D eigenvalue weighted by molar-refractivity contribution is 0.101. The highest BCUT2D eigenvalue weighted by Gasteiger charge is 2.08. The van der Waals surface area contributed by atoms with Crippen molar-refractivity contribution >= 4 is 23.2 Å². The maximum Gasteiger partial charge on any atom is 0.255 e. The molecule has 0 spiro atoms. The van der Waals surface area contributed by atoms with E-state index in [1.165, 1.54) is 6.92 Å². The van der Waals surface area contributed by atoms with Crippen molar-refractivity contribution in [3.8, 4) is 0 Å². The number of aromatic nitrogens is 1. The third-order valence-electron chi connectivity index (χ3n) is 2.81. The van der Waals surface area contributed by atoms with Crippen LogP contribution in [0, 0.1) is 0 Å². The van der Waals surface area contributed by atoms with E-state index in [0.717, 1.165) is 0 Å². The van der Waals surface area contributed by atoms with Gasteiger partial charge in [-0.3, -0.25) is 9.59 Å². The minimum atomic E-state index is -0.246. The number of nitrogens with one attached hydrogen (secondary N) is 2. The third-order valence-corrected chi connectivity index (χ3v) is 2.81. The standard InChI is InChI=1S/C15H15N3O2/c1-10(19)11-4-3-5-13(8-11)18-15(20)12-6-7-17-14(9-12)16-2/h3-9H,1-2H3,(H,16,17)(H,18,20). The predicted molar refractivity (Wildman–Crippen MR) is 78.2 cm³/mol. The van der Waals surface area contributed by atoms with Crippen LogP contribution in [0.2, 0.25) is 0 Å². The highest BCUT2D eigenvalue weighted by atomic mass is 16.1. The van der Waals surface area contributed by atoms with Crippen LogP contribution in [0.4, 0.5) is 11.5 Å².